The van der Waals surface area contributed by atoms with Crippen molar-refractivity contribution in [2.24, 2.45) is 0 Å². The van der Waals surface area contributed by atoms with Gasteiger partial charge in [0.1, 0.15) is 10.8 Å². The van der Waals surface area contributed by atoms with Crippen LogP contribution in [0.3, 0.4) is 0 Å². The summed E-state index contributed by atoms with van der Waals surface area (Å²) < 4.78 is 1.81. The molecule has 0 fully saturated rings. The zero-order chi connectivity index (χ0) is 25.0. The summed E-state index contributed by atoms with van der Waals surface area (Å²) in [5.41, 5.74) is 3.26. The molecule has 11 heteroatoms. The van der Waals surface area contributed by atoms with E-state index in [1.54, 1.807) is 34.2 Å². The second kappa shape index (κ2) is 9.08. The molecule has 0 saturated carbocycles. The Hall–Kier alpha value is -2.68. The van der Waals surface area contributed by atoms with Gasteiger partial charge in [0.05, 0.1) is 52.5 Å². The van der Waals surface area contributed by atoms with Gasteiger partial charge in [-0.05, 0) is 39.0 Å². The lowest BCUT2D eigenvalue weighted by Crippen LogP contribution is -2.45. The second-order valence-corrected chi connectivity index (χ2v) is 10.3. The Morgan fingerprint density at radius 1 is 1.09 bits per heavy atom. The molecule has 2 aliphatic rings. The molecule has 4 heterocycles. The first-order valence-electron chi connectivity index (χ1n) is 11.3. The first-order valence-corrected chi connectivity index (χ1v) is 12.4. The van der Waals surface area contributed by atoms with E-state index in [-0.39, 0.29) is 36.5 Å². The molecule has 35 heavy (non-hydrogen) atoms. The van der Waals surface area contributed by atoms with E-state index in [2.05, 4.69) is 9.97 Å². The summed E-state index contributed by atoms with van der Waals surface area (Å²) in [5.74, 6) is -0.308. The van der Waals surface area contributed by atoms with E-state index in [0.717, 1.165) is 11.3 Å². The van der Waals surface area contributed by atoms with Crippen molar-refractivity contribution in [3.8, 4) is 0 Å². The molecule has 3 aromatic rings. The molecule has 2 amide bonds. The normalized spacial score (nSPS) is 20.5. The van der Waals surface area contributed by atoms with Crippen LogP contribution in [-0.4, -0.2) is 53.9 Å². The molecule has 0 aliphatic carbocycles. The van der Waals surface area contributed by atoms with Crippen molar-refractivity contribution in [1.82, 2.24) is 29.5 Å². The van der Waals surface area contributed by atoms with Crippen molar-refractivity contribution in [3.63, 3.8) is 0 Å². The van der Waals surface area contributed by atoms with E-state index >= 15 is 0 Å². The van der Waals surface area contributed by atoms with E-state index in [9.17, 15) is 9.59 Å². The maximum Gasteiger partial charge on any atom is 0.273 e. The van der Waals surface area contributed by atoms with Crippen LogP contribution in [0.2, 0.25) is 15.2 Å². The first-order chi connectivity index (χ1) is 16.7. The van der Waals surface area contributed by atoms with Crippen molar-refractivity contribution in [2.75, 3.05) is 6.54 Å². The van der Waals surface area contributed by atoms with Gasteiger partial charge in [0, 0.05) is 30.1 Å². The van der Waals surface area contributed by atoms with Gasteiger partial charge in [-0.3, -0.25) is 19.3 Å². The minimum Gasteiger partial charge on any atom is -0.331 e. The Labute approximate surface area is 217 Å². The highest BCUT2D eigenvalue weighted by Crippen LogP contribution is 2.35. The van der Waals surface area contributed by atoms with E-state index in [0.29, 0.717) is 45.1 Å². The van der Waals surface area contributed by atoms with Crippen molar-refractivity contribution < 1.29 is 9.59 Å². The molecule has 182 valence electrons. The molecule has 0 bridgehead atoms. The number of rotatable bonds is 3. The summed E-state index contributed by atoms with van der Waals surface area (Å²) in [6, 6.07) is 4.42. The standard InChI is InChI=1S/C24H23Cl3N6O2/c1-12-6-19-16(11-31(12)23(34)15-4-5-17(25)18(26)7-15)22-24(35)32(10-13(2)33(22)30-19)14(3)20-8-29-21(27)9-28-20/h4-5,7-9,12-14H,6,10-11H2,1-3H3/t12-,13-,14?/m1/s1. The van der Waals surface area contributed by atoms with Crippen LogP contribution in [0.1, 0.15) is 70.7 Å². The number of carbonyl (C=O) groups is 2. The summed E-state index contributed by atoms with van der Waals surface area (Å²) in [6.07, 6.45) is 3.62. The Morgan fingerprint density at radius 2 is 1.86 bits per heavy atom. The molecule has 0 saturated heterocycles. The number of nitrogens with zero attached hydrogens (tertiary/aromatic N) is 6. The van der Waals surface area contributed by atoms with Crippen LogP contribution in [-0.2, 0) is 13.0 Å². The van der Waals surface area contributed by atoms with E-state index < -0.39 is 0 Å². The molecular weight excluding hydrogens is 511 g/mol. The number of halogens is 3. The molecule has 2 aliphatic heterocycles. The monoisotopic (exact) mass is 532 g/mol. The summed E-state index contributed by atoms with van der Waals surface area (Å²) in [6.45, 7) is 6.70. The maximum absolute atomic E-state index is 13.7. The third-order valence-corrected chi connectivity index (χ3v) is 7.68. The average Bonchev–Trinajstić information content (AvgIpc) is 3.21. The molecule has 0 radical (unpaired) electrons. The second-order valence-electron chi connectivity index (χ2n) is 9.08. The van der Waals surface area contributed by atoms with Gasteiger partial charge in [-0.1, -0.05) is 34.8 Å². The lowest BCUT2D eigenvalue weighted by atomic mass is 9.97. The zero-order valence-corrected chi connectivity index (χ0v) is 21.6. The minimum absolute atomic E-state index is 0.0365. The molecule has 2 aromatic heterocycles. The summed E-state index contributed by atoms with van der Waals surface area (Å²) >= 11 is 18.1. The molecule has 3 atom stereocenters. The molecular formula is C24H23Cl3N6O2. The zero-order valence-electron chi connectivity index (χ0n) is 19.4. The highest BCUT2D eigenvalue weighted by molar-refractivity contribution is 6.42. The molecule has 1 unspecified atom stereocenters. The smallest absolute Gasteiger partial charge is 0.273 e. The number of fused-ring (bicyclic) bond motifs is 3. The fraction of sp³-hybridized carbons (Fsp3) is 0.375. The number of amides is 2. The van der Waals surface area contributed by atoms with Crippen LogP contribution in [0.4, 0.5) is 0 Å². The Kier molecular flexibility index (Phi) is 6.23. The van der Waals surface area contributed by atoms with Crippen molar-refractivity contribution >= 4 is 46.6 Å². The lowest BCUT2D eigenvalue weighted by Gasteiger charge is -2.37. The lowest BCUT2D eigenvalue weighted by molar-refractivity contribution is 0.0570. The van der Waals surface area contributed by atoms with E-state index in [4.69, 9.17) is 39.9 Å². The predicted molar refractivity (Wildman–Crippen MR) is 133 cm³/mol. The molecule has 8 nitrogen and oxygen atoms in total. The molecule has 0 spiro atoms. The van der Waals surface area contributed by atoms with Crippen molar-refractivity contribution in [3.05, 3.63) is 74.0 Å². The van der Waals surface area contributed by atoms with Crippen LogP contribution < -0.4 is 0 Å². The Bertz CT molecular complexity index is 1330. The number of benzene rings is 1. The SMILES string of the molecule is CC(c1cnc(Cl)cn1)N1C[C@@H](C)n2nc3c(c2C1=O)CN(C(=O)c1ccc(Cl)c(Cl)c1)[C@H](C)C3. The molecule has 0 N–H and O–H groups in total. The van der Waals surface area contributed by atoms with Crippen LogP contribution in [0.25, 0.3) is 0 Å². The van der Waals surface area contributed by atoms with Gasteiger partial charge in [-0.2, -0.15) is 5.10 Å². The van der Waals surface area contributed by atoms with Gasteiger partial charge in [-0.15, -0.1) is 0 Å². The van der Waals surface area contributed by atoms with Gasteiger partial charge in [0.25, 0.3) is 11.8 Å². The highest BCUT2D eigenvalue weighted by atomic mass is 35.5. The number of hydrogen-bond acceptors (Lipinski definition) is 5. The van der Waals surface area contributed by atoms with Crippen LogP contribution >= 0.6 is 34.8 Å². The fourth-order valence-corrected chi connectivity index (χ4v) is 5.18. The fourth-order valence-electron chi connectivity index (χ4n) is 4.79. The average molecular weight is 534 g/mol. The van der Waals surface area contributed by atoms with Gasteiger partial charge in [0.2, 0.25) is 0 Å². The topological polar surface area (TPSA) is 84.2 Å². The van der Waals surface area contributed by atoms with Gasteiger partial charge < -0.3 is 9.80 Å². The largest absolute Gasteiger partial charge is 0.331 e. The maximum atomic E-state index is 13.7. The number of carbonyl (C=O) groups excluding carboxylic acids is 2. The Morgan fingerprint density at radius 3 is 2.54 bits per heavy atom. The van der Waals surface area contributed by atoms with Gasteiger partial charge >= 0.3 is 0 Å². The minimum atomic E-state index is -0.300. The third-order valence-electron chi connectivity index (χ3n) is 6.75. The van der Waals surface area contributed by atoms with Crippen molar-refractivity contribution in [1.29, 1.82) is 0 Å². The van der Waals surface area contributed by atoms with Gasteiger partial charge in [-0.25, -0.2) is 4.98 Å². The van der Waals surface area contributed by atoms with Crippen LogP contribution in [0.15, 0.2) is 30.6 Å². The first kappa shape index (κ1) is 24.0. The predicted octanol–water partition coefficient (Wildman–Crippen LogP) is 5.00. The third kappa shape index (κ3) is 4.17. The number of hydrogen-bond donors (Lipinski definition) is 0. The van der Waals surface area contributed by atoms with Crippen molar-refractivity contribution in [2.45, 2.75) is 51.9 Å². The van der Waals surface area contributed by atoms with E-state index in [1.807, 2.05) is 25.5 Å². The van der Waals surface area contributed by atoms with E-state index in [1.165, 1.54) is 6.20 Å². The van der Waals surface area contributed by atoms with Gasteiger partial charge in [0.15, 0.2) is 0 Å². The molecule has 5 rings (SSSR count). The molecule has 1 aromatic carbocycles. The Balaban J connectivity index is 1.48. The number of aromatic nitrogens is 4. The highest BCUT2D eigenvalue weighted by Gasteiger charge is 2.40. The van der Waals surface area contributed by atoms with Crippen LogP contribution in [0.5, 0.6) is 0 Å². The summed E-state index contributed by atoms with van der Waals surface area (Å²) in [4.78, 5) is 39.1. The van der Waals surface area contributed by atoms with Crippen LogP contribution in [0, 0.1) is 0 Å². The summed E-state index contributed by atoms with van der Waals surface area (Å²) in [7, 11) is 0. The summed E-state index contributed by atoms with van der Waals surface area (Å²) in [5, 5.41) is 5.80. The quantitative estimate of drug-likeness (QED) is 0.473.